The summed E-state index contributed by atoms with van der Waals surface area (Å²) in [7, 11) is 0. The summed E-state index contributed by atoms with van der Waals surface area (Å²) in [5, 5.41) is 11.6. The number of amides is 4. The molecular weight excluding hydrogens is 280 g/mol. The normalized spacial score (nSPS) is 30.0. The van der Waals surface area contributed by atoms with Gasteiger partial charge in [-0.2, -0.15) is 0 Å². The Labute approximate surface area is 125 Å². The highest BCUT2D eigenvalue weighted by Gasteiger charge is 2.69. The van der Waals surface area contributed by atoms with E-state index in [-0.39, 0.29) is 12.1 Å². The molecule has 2 aromatic carbocycles. The van der Waals surface area contributed by atoms with Gasteiger partial charge in [0.15, 0.2) is 11.3 Å². The summed E-state index contributed by atoms with van der Waals surface area (Å²) in [4.78, 5) is 24.3. The molecule has 0 unspecified atom stereocenters. The molecule has 4 N–H and O–H groups in total. The molecule has 0 spiro atoms. The maximum Gasteiger partial charge on any atom is 0.319 e. The number of nitrogens with one attached hydrogen (secondary N) is 4. The van der Waals surface area contributed by atoms with E-state index in [2.05, 4.69) is 21.3 Å². The van der Waals surface area contributed by atoms with Crippen LogP contribution in [0.5, 0.6) is 0 Å². The fraction of sp³-hybridized carbons (Fsp3) is 0.125. The quantitative estimate of drug-likeness (QED) is 0.590. The summed E-state index contributed by atoms with van der Waals surface area (Å²) in [6, 6.07) is 14.9. The first kappa shape index (κ1) is 11.6. The van der Waals surface area contributed by atoms with Crippen molar-refractivity contribution in [1.29, 1.82) is 0 Å². The van der Waals surface area contributed by atoms with Gasteiger partial charge in [-0.05, 0) is 11.1 Å². The Morgan fingerprint density at radius 3 is 1.36 bits per heavy atom. The van der Waals surface area contributed by atoms with E-state index < -0.39 is 11.3 Å². The highest BCUT2D eigenvalue weighted by molar-refractivity contribution is 5.94. The van der Waals surface area contributed by atoms with Gasteiger partial charge in [-0.25, -0.2) is 9.59 Å². The molecule has 0 bridgehead atoms. The Balaban J connectivity index is 1.96. The average Bonchev–Trinajstić information content (AvgIpc) is 2.96. The molecular formula is C16H12N4O2. The second-order valence-corrected chi connectivity index (χ2v) is 5.75. The number of carbonyl (C=O) groups is 2. The Morgan fingerprint density at radius 2 is 0.955 bits per heavy atom. The van der Waals surface area contributed by atoms with E-state index in [0.29, 0.717) is 0 Å². The van der Waals surface area contributed by atoms with Crippen LogP contribution in [-0.4, -0.2) is 12.1 Å². The van der Waals surface area contributed by atoms with E-state index in [1.165, 1.54) is 0 Å². The van der Waals surface area contributed by atoms with Crippen molar-refractivity contribution >= 4 is 12.1 Å². The van der Waals surface area contributed by atoms with Crippen LogP contribution in [0.2, 0.25) is 0 Å². The lowest BCUT2D eigenvalue weighted by atomic mass is 9.72. The zero-order chi connectivity index (χ0) is 14.9. The summed E-state index contributed by atoms with van der Waals surface area (Å²) >= 11 is 0. The maximum atomic E-state index is 12.1. The van der Waals surface area contributed by atoms with Gasteiger partial charge in [-0.1, -0.05) is 48.5 Å². The number of hydrogen-bond acceptors (Lipinski definition) is 2. The lowest BCUT2D eigenvalue weighted by Gasteiger charge is -2.43. The highest BCUT2D eigenvalue weighted by Crippen LogP contribution is 2.52. The maximum absolute atomic E-state index is 12.1. The minimum absolute atomic E-state index is 0.320. The Morgan fingerprint density at radius 1 is 0.591 bits per heavy atom. The lowest BCUT2D eigenvalue weighted by Crippen LogP contribution is -2.62. The van der Waals surface area contributed by atoms with Crippen molar-refractivity contribution in [3.8, 4) is 11.1 Å². The van der Waals surface area contributed by atoms with Gasteiger partial charge < -0.3 is 21.3 Å². The fourth-order valence-electron chi connectivity index (χ4n) is 3.94. The van der Waals surface area contributed by atoms with E-state index in [0.717, 1.165) is 22.3 Å². The van der Waals surface area contributed by atoms with Crippen LogP contribution in [-0.2, 0) is 11.3 Å². The second kappa shape index (κ2) is 3.41. The summed E-state index contributed by atoms with van der Waals surface area (Å²) in [5.74, 6) is 0. The SMILES string of the molecule is O=C1NC23NC(=O)NC2(N1)c1ccccc1-c1ccccc13. The first-order valence-corrected chi connectivity index (χ1v) is 7.06. The van der Waals surface area contributed by atoms with Crippen molar-refractivity contribution in [2.75, 3.05) is 0 Å². The van der Waals surface area contributed by atoms with Gasteiger partial charge in [-0.15, -0.1) is 0 Å². The third kappa shape index (κ3) is 1.06. The van der Waals surface area contributed by atoms with Gasteiger partial charge in [0, 0.05) is 11.1 Å². The zero-order valence-electron chi connectivity index (χ0n) is 11.4. The number of hydrogen-bond donors (Lipinski definition) is 4. The molecule has 6 heteroatoms. The van der Waals surface area contributed by atoms with E-state index >= 15 is 0 Å². The van der Waals surface area contributed by atoms with E-state index in [1.54, 1.807) is 0 Å². The molecule has 2 fully saturated rings. The van der Waals surface area contributed by atoms with Gasteiger partial charge in [0.2, 0.25) is 0 Å². The minimum Gasteiger partial charge on any atom is -0.307 e. The van der Waals surface area contributed by atoms with Crippen molar-refractivity contribution in [3.05, 3.63) is 59.7 Å². The molecule has 5 rings (SSSR count). The Kier molecular flexibility index (Phi) is 1.80. The first-order chi connectivity index (χ1) is 10.7. The van der Waals surface area contributed by atoms with Crippen molar-refractivity contribution in [2.24, 2.45) is 0 Å². The lowest BCUT2D eigenvalue weighted by molar-refractivity contribution is 0.205. The number of benzene rings is 2. The molecule has 2 heterocycles. The largest absolute Gasteiger partial charge is 0.319 e. The molecule has 0 saturated carbocycles. The van der Waals surface area contributed by atoms with Crippen molar-refractivity contribution in [1.82, 2.24) is 21.3 Å². The highest BCUT2D eigenvalue weighted by atomic mass is 16.2. The van der Waals surface area contributed by atoms with Crippen LogP contribution in [0.1, 0.15) is 11.1 Å². The standard InChI is InChI=1S/C16H12N4O2/c21-13-17-15-11-7-3-1-5-9(11)10-6-2-4-8-12(10)16(15,19-13)20-14(22)18-15/h1-8H,(H2,17,19,21)(H2,18,20,22). The summed E-state index contributed by atoms with van der Waals surface area (Å²) in [5.41, 5.74) is 1.69. The number of rotatable bonds is 0. The van der Waals surface area contributed by atoms with Gasteiger partial charge >= 0.3 is 12.1 Å². The smallest absolute Gasteiger partial charge is 0.307 e. The Hall–Kier alpha value is -3.02. The van der Waals surface area contributed by atoms with E-state index in [1.807, 2.05) is 48.5 Å². The summed E-state index contributed by atoms with van der Waals surface area (Å²) in [6.07, 6.45) is 0. The van der Waals surface area contributed by atoms with Crippen LogP contribution in [0.15, 0.2) is 48.5 Å². The predicted octanol–water partition coefficient (Wildman–Crippen LogP) is 1.30. The summed E-state index contributed by atoms with van der Waals surface area (Å²) < 4.78 is 0. The van der Waals surface area contributed by atoms with Gasteiger partial charge in [0.25, 0.3) is 0 Å². The monoisotopic (exact) mass is 292 g/mol. The van der Waals surface area contributed by atoms with Crippen LogP contribution in [0.4, 0.5) is 9.59 Å². The van der Waals surface area contributed by atoms with Crippen LogP contribution < -0.4 is 21.3 Å². The molecule has 3 aliphatic rings. The van der Waals surface area contributed by atoms with Gasteiger partial charge in [-0.3, -0.25) is 0 Å². The number of fused-ring (bicyclic) bond motifs is 3. The topological polar surface area (TPSA) is 82.3 Å². The molecule has 0 radical (unpaired) electrons. The van der Waals surface area contributed by atoms with Crippen LogP contribution in [0.25, 0.3) is 11.1 Å². The second-order valence-electron chi connectivity index (χ2n) is 5.75. The molecule has 2 aliphatic heterocycles. The Bertz CT molecular complexity index is 773. The van der Waals surface area contributed by atoms with Crippen LogP contribution >= 0.6 is 0 Å². The van der Waals surface area contributed by atoms with Gasteiger partial charge in [0.1, 0.15) is 0 Å². The number of urea groups is 2. The van der Waals surface area contributed by atoms with Gasteiger partial charge in [0.05, 0.1) is 0 Å². The molecule has 6 nitrogen and oxygen atoms in total. The van der Waals surface area contributed by atoms with Crippen molar-refractivity contribution in [3.63, 3.8) is 0 Å². The minimum atomic E-state index is -1.02. The van der Waals surface area contributed by atoms with Crippen molar-refractivity contribution in [2.45, 2.75) is 11.3 Å². The molecule has 22 heavy (non-hydrogen) atoms. The molecule has 4 amide bonds. The van der Waals surface area contributed by atoms with Crippen LogP contribution in [0, 0.1) is 0 Å². The molecule has 0 aromatic heterocycles. The van der Waals surface area contributed by atoms with Crippen molar-refractivity contribution < 1.29 is 9.59 Å². The van der Waals surface area contributed by atoms with Crippen LogP contribution in [0.3, 0.4) is 0 Å². The zero-order valence-corrected chi connectivity index (χ0v) is 11.4. The van der Waals surface area contributed by atoms with E-state index in [9.17, 15) is 9.59 Å². The molecule has 1 aliphatic carbocycles. The fourth-order valence-corrected chi connectivity index (χ4v) is 3.94. The third-order valence-corrected chi connectivity index (χ3v) is 4.72. The first-order valence-electron chi connectivity index (χ1n) is 7.06. The number of carbonyl (C=O) groups excluding carboxylic acids is 2. The van der Waals surface area contributed by atoms with E-state index in [4.69, 9.17) is 0 Å². The molecule has 0 atom stereocenters. The molecule has 2 saturated heterocycles. The third-order valence-electron chi connectivity index (χ3n) is 4.72. The average molecular weight is 292 g/mol. The molecule has 2 aromatic rings. The predicted molar refractivity (Wildman–Crippen MR) is 78.6 cm³/mol. The summed E-state index contributed by atoms with van der Waals surface area (Å²) in [6.45, 7) is 0. The molecule has 108 valence electrons.